The molecule has 0 N–H and O–H groups in total. The molecule has 0 atom stereocenters. The molecule has 1 aliphatic heterocycles. The van der Waals surface area contributed by atoms with E-state index in [0.717, 1.165) is 31.1 Å². The van der Waals surface area contributed by atoms with Crippen LogP contribution in [0.25, 0.3) is 22.8 Å². The van der Waals surface area contributed by atoms with Crippen LogP contribution in [0.2, 0.25) is 0 Å². The standard InChI is InChI=1S/C22H15BrN4O2S/c1-2-27-17-8-7-13(10-19(17)30-18-6-4-3-5-16(18)22(27)28)20-25-21(29-26-20)14-9-15(23)12-24-11-14/h3-12H,2H2,1H3. The maximum atomic E-state index is 13.0. The van der Waals surface area contributed by atoms with E-state index in [-0.39, 0.29) is 5.91 Å². The van der Waals surface area contributed by atoms with Crippen LogP contribution in [0, 0.1) is 0 Å². The van der Waals surface area contributed by atoms with Gasteiger partial charge in [-0.3, -0.25) is 9.78 Å². The van der Waals surface area contributed by atoms with Crippen molar-refractivity contribution in [3.8, 4) is 22.8 Å². The fourth-order valence-corrected chi connectivity index (χ4v) is 4.85. The third-order valence-electron chi connectivity index (χ3n) is 4.79. The number of nitrogens with zero attached hydrogens (tertiary/aromatic N) is 4. The van der Waals surface area contributed by atoms with E-state index in [2.05, 4.69) is 31.1 Å². The van der Waals surface area contributed by atoms with Gasteiger partial charge in [-0.15, -0.1) is 0 Å². The average Bonchev–Trinajstić information content (AvgIpc) is 3.22. The monoisotopic (exact) mass is 478 g/mol. The minimum atomic E-state index is 0.0103. The summed E-state index contributed by atoms with van der Waals surface area (Å²) in [5.74, 6) is 0.897. The van der Waals surface area contributed by atoms with Crippen LogP contribution in [0.5, 0.6) is 0 Å². The molecule has 0 aliphatic carbocycles. The Morgan fingerprint density at radius 3 is 2.77 bits per heavy atom. The molecule has 5 rings (SSSR count). The number of carbonyl (C=O) groups is 1. The van der Waals surface area contributed by atoms with Gasteiger partial charge in [-0.25, -0.2) is 0 Å². The molecule has 0 fully saturated rings. The smallest absolute Gasteiger partial charge is 0.259 e. The minimum Gasteiger partial charge on any atom is -0.334 e. The van der Waals surface area contributed by atoms with Gasteiger partial charge >= 0.3 is 0 Å². The molecular weight excluding hydrogens is 464 g/mol. The predicted octanol–water partition coefficient (Wildman–Crippen LogP) is 5.69. The van der Waals surface area contributed by atoms with Crippen molar-refractivity contribution in [2.24, 2.45) is 0 Å². The van der Waals surface area contributed by atoms with Crippen molar-refractivity contribution in [2.75, 3.05) is 11.4 Å². The van der Waals surface area contributed by atoms with Crippen LogP contribution in [0.3, 0.4) is 0 Å². The van der Waals surface area contributed by atoms with E-state index < -0.39 is 0 Å². The molecule has 0 bridgehead atoms. The van der Waals surface area contributed by atoms with Crippen molar-refractivity contribution < 1.29 is 9.32 Å². The number of halogens is 1. The highest BCUT2D eigenvalue weighted by Gasteiger charge is 2.26. The first kappa shape index (κ1) is 19.0. The Balaban J connectivity index is 1.57. The number of fused-ring (bicyclic) bond motifs is 2. The predicted molar refractivity (Wildman–Crippen MR) is 119 cm³/mol. The van der Waals surface area contributed by atoms with Gasteiger partial charge in [0.1, 0.15) is 0 Å². The first-order chi connectivity index (χ1) is 14.6. The van der Waals surface area contributed by atoms with Gasteiger partial charge < -0.3 is 9.42 Å². The topological polar surface area (TPSA) is 72.1 Å². The second kappa shape index (κ2) is 7.70. The van der Waals surface area contributed by atoms with Crippen LogP contribution < -0.4 is 4.90 Å². The zero-order valence-corrected chi connectivity index (χ0v) is 18.3. The van der Waals surface area contributed by atoms with Crippen molar-refractivity contribution in [2.45, 2.75) is 16.7 Å². The lowest BCUT2D eigenvalue weighted by Crippen LogP contribution is -2.30. The van der Waals surface area contributed by atoms with Crippen molar-refractivity contribution in [3.05, 3.63) is 71.0 Å². The molecular formula is C22H15BrN4O2S. The maximum absolute atomic E-state index is 13.0. The quantitative estimate of drug-likeness (QED) is 0.376. The molecule has 0 spiro atoms. The molecule has 2 aromatic heterocycles. The highest BCUT2D eigenvalue weighted by atomic mass is 79.9. The maximum Gasteiger partial charge on any atom is 0.259 e. The van der Waals surface area contributed by atoms with E-state index in [1.165, 1.54) is 0 Å². The molecule has 1 amide bonds. The Bertz CT molecular complexity index is 1270. The summed E-state index contributed by atoms with van der Waals surface area (Å²) >= 11 is 4.98. The molecule has 0 radical (unpaired) electrons. The third-order valence-corrected chi connectivity index (χ3v) is 6.34. The van der Waals surface area contributed by atoms with Crippen LogP contribution >= 0.6 is 27.7 Å². The molecule has 0 saturated heterocycles. The molecule has 8 heteroatoms. The van der Waals surface area contributed by atoms with Crippen molar-refractivity contribution in [3.63, 3.8) is 0 Å². The van der Waals surface area contributed by atoms with E-state index in [4.69, 9.17) is 4.52 Å². The fourth-order valence-electron chi connectivity index (χ4n) is 3.36. The van der Waals surface area contributed by atoms with Gasteiger partial charge in [0, 0.05) is 38.8 Å². The van der Waals surface area contributed by atoms with Crippen LogP contribution in [0.15, 0.2) is 79.7 Å². The summed E-state index contributed by atoms with van der Waals surface area (Å²) in [5.41, 5.74) is 3.16. The summed E-state index contributed by atoms with van der Waals surface area (Å²) in [7, 11) is 0. The largest absolute Gasteiger partial charge is 0.334 e. The molecule has 6 nitrogen and oxygen atoms in total. The van der Waals surface area contributed by atoms with E-state index in [1.807, 2.05) is 55.5 Å². The summed E-state index contributed by atoms with van der Waals surface area (Å²) in [5, 5.41) is 4.14. The summed E-state index contributed by atoms with van der Waals surface area (Å²) in [4.78, 5) is 25.4. The number of carbonyl (C=O) groups excluding carboxylic acids is 1. The number of pyridine rings is 1. The van der Waals surface area contributed by atoms with E-state index in [0.29, 0.717) is 23.8 Å². The summed E-state index contributed by atoms with van der Waals surface area (Å²) in [6.07, 6.45) is 3.37. The van der Waals surface area contributed by atoms with Crippen molar-refractivity contribution >= 4 is 39.3 Å². The van der Waals surface area contributed by atoms with E-state index in [9.17, 15) is 4.79 Å². The zero-order chi connectivity index (χ0) is 20.7. The van der Waals surface area contributed by atoms with Crippen molar-refractivity contribution in [1.29, 1.82) is 0 Å². The third kappa shape index (κ3) is 3.32. The Morgan fingerprint density at radius 1 is 1.07 bits per heavy atom. The first-order valence-corrected chi connectivity index (χ1v) is 10.9. The SMILES string of the molecule is CCN1C(=O)c2ccccc2Sc2cc(-c3noc(-c4cncc(Br)c4)n3)ccc21. The number of amides is 1. The number of benzene rings is 2. The first-order valence-electron chi connectivity index (χ1n) is 9.32. The zero-order valence-electron chi connectivity index (χ0n) is 15.9. The Labute approximate surface area is 185 Å². The minimum absolute atomic E-state index is 0.0103. The average molecular weight is 479 g/mol. The van der Waals surface area contributed by atoms with Crippen molar-refractivity contribution in [1.82, 2.24) is 15.1 Å². The van der Waals surface area contributed by atoms with Gasteiger partial charge in [0.15, 0.2) is 0 Å². The second-order valence-corrected chi connectivity index (χ2v) is 8.64. The highest BCUT2D eigenvalue weighted by Crippen LogP contribution is 2.42. The molecule has 1 aliphatic rings. The molecule has 0 saturated carbocycles. The number of hydrogen-bond donors (Lipinski definition) is 0. The lowest BCUT2D eigenvalue weighted by molar-refractivity contribution is 0.0985. The second-order valence-electron chi connectivity index (χ2n) is 6.65. The van der Waals surface area contributed by atoms with E-state index in [1.54, 1.807) is 29.1 Å². The molecule has 30 heavy (non-hydrogen) atoms. The summed E-state index contributed by atoms with van der Waals surface area (Å²) in [6.45, 7) is 2.56. The molecule has 3 heterocycles. The van der Waals surface area contributed by atoms with Gasteiger partial charge in [-0.2, -0.15) is 4.98 Å². The van der Waals surface area contributed by atoms with Gasteiger partial charge in [0.25, 0.3) is 11.8 Å². The van der Waals surface area contributed by atoms with Crippen LogP contribution in [0.4, 0.5) is 5.69 Å². The summed E-state index contributed by atoms with van der Waals surface area (Å²) in [6, 6.07) is 15.4. The molecule has 148 valence electrons. The number of aromatic nitrogens is 3. The molecule has 4 aromatic rings. The van der Waals surface area contributed by atoms with Crippen LogP contribution in [0.1, 0.15) is 17.3 Å². The lowest BCUT2D eigenvalue weighted by Gasteiger charge is -2.21. The fraction of sp³-hybridized carbons (Fsp3) is 0.0909. The van der Waals surface area contributed by atoms with Crippen LogP contribution in [-0.2, 0) is 0 Å². The highest BCUT2D eigenvalue weighted by molar-refractivity contribution is 9.10. The Morgan fingerprint density at radius 2 is 1.93 bits per heavy atom. The molecule has 2 aromatic carbocycles. The normalized spacial score (nSPS) is 13.0. The van der Waals surface area contributed by atoms with Gasteiger partial charge in [-0.05, 0) is 59.3 Å². The lowest BCUT2D eigenvalue weighted by atomic mass is 10.1. The number of hydrogen-bond acceptors (Lipinski definition) is 6. The molecule has 0 unspecified atom stereocenters. The summed E-state index contributed by atoms with van der Waals surface area (Å²) < 4.78 is 6.29. The number of anilines is 1. The Kier molecular flexibility index (Phi) is 4.88. The Hall–Kier alpha value is -2.97. The van der Waals surface area contributed by atoms with Gasteiger partial charge in [-0.1, -0.05) is 29.1 Å². The van der Waals surface area contributed by atoms with Gasteiger partial charge in [0.05, 0.1) is 16.8 Å². The van der Waals surface area contributed by atoms with Gasteiger partial charge in [0.2, 0.25) is 5.82 Å². The van der Waals surface area contributed by atoms with E-state index >= 15 is 0 Å². The van der Waals surface area contributed by atoms with Crippen LogP contribution in [-0.4, -0.2) is 27.6 Å². The number of rotatable bonds is 3.